The Kier molecular flexibility index (Phi) is 7.51. The molecule has 0 atom stereocenters. The Hall–Kier alpha value is -6.32. The van der Waals surface area contributed by atoms with Crippen molar-refractivity contribution in [3.05, 3.63) is 202 Å². The lowest BCUT2D eigenvalue weighted by atomic mass is 9.73. The third kappa shape index (κ3) is 5.11. The van der Waals surface area contributed by atoms with Crippen LogP contribution in [0.2, 0.25) is 0 Å². The van der Waals surface area contributed by atoms with Crippen LogP contribution in [0, 0.1) is 0 Å². The molecule has 0 amide bonds. The molecule has 11 rings (SSSR count). The first-order valence-electron chi connectivity index (χ1n) is 20.5. The normalized spacial score (nSPS) is 18.2. The van der Waals surface area contributed by atoms with Gasteiger partial charge in [0.15, 0.2) is 0 Å². The van der Waals surface area contributed by atoms with Crippen LogP contribution in [-0.2, 0) is 15.6 Å². The molecule has 2 aliphatic heterocycles. The summed E-state index contributed by atoms with van der Waals surface area (Å²) >= 11 is 0. The monoisotopic (exact) mass is 738 g/mol. The van der Waals surface area contributed by atoms with E-state index >= 15 is 0 Å². The van der Waals surface area contributed by atoms with Crippen molar-refractivity contribution in [1.82, 2.24) is 0 Å². The maximum absolute atomic E-state index is 6.46. The Morgan fingerprint density at radius 3 is 2.00 bits per heavy atom. The fraction of sp³-hybridized carbons (Fsp3) is 0.185. The molecule has 3 heteroatoms. The van der Waals surface area contributed by atoms with Crippen LogP contribution in [0.25, 0.3) is 34.1 Å². The summed E-state index contributed by atoms with van der Waals surface area (Å²) < 4.78 is 6.46. The van der Waals surface area contributed by atoms with E-state index in [0.717, 1.165) is 37.2 Å². The van der Waals surface area contributed by atoms with Gasteiger partial charge in [0.2, 0.25) is 0 Å². The molecule has 0 N–H and O–H groups in total. The van der Waals surface area contributed by atoms with E-state index in [1.165, 1.54) is 89.4 Å². The second-order valence-corrected chi connectivity index (χ2v) is 17.1. The Bertz CT molecular complexity index is 2790. The average molecular weight is 739 g/mol. The first kappa shape index (κ1) is 34.0. The van der Waals surface area contributed by atoms with Gasteiger partial charge in [-0.15, -0.1) is 0 Å². The smallest absolute Gasteiger partial charge is 0.146 e. The van der Waals surface area contributed by atoms with Gasteiger partial charge in [-0.3, -0.25) is 0 Å². The zero-order valence-electron chi connectivity index (χ0n) is 33.1. The molecule has 5 aliphatic rings. The second-order valence-electron chi connectivity index (χ2n) is 17.1. The van der Waals surface area contributed by atoms with Gasteiger partial charge in [-0.1, -0.05) is 143 Å². The molecule has 2 heterocycles. The fourth-order valence-electron chi connectivity index (χ4n) is 10.2. The highest BCUT2D eigenvalue weighted by Gasteiger charge is 2.39. The van der Waals surface area contributed by atoms with Crippen LogP contribution >= 0.6 is 0 Å². The molecule has 0 aromatic heterocycles. The molecule has 278 valence electrons. The summed E-state index contributed by atoms with van der Waals surface area (Å²) in [6.07, 6.45) is 17.5. The van der Waals surface area contributed by atoms with E-state index in [-0.39, 0.29) is 10.8 Å². The molecule has 0 saturated carbocycles. The van der Waals surface area contributed by atoms with Crippen molar-refractivity contribution in [2.24, 2.45) is 0 Å². The molecular formula is C54H46N2O. The van der Waals surface area contributed by atoms with E-state index < -0.39 is 0 Å². The lowest BCUT2D eigenvalue weighted by molar-refractivity contribution is 0.281. The Morgan fingerprint density at radius 2 is 1.19 bits per heavy atom. The second kappa shape index (κ2) is 12.6. The minimum absolute atomic E-state index is 0.0952. The van der Waals surface area contributed by atoms with Crippen molar-refractivity contribution in [3.8, 4) is 11.1 Å². The highest BCUT2D eigenvalue weighted by Crippen LogP contribution is 2.54. The van der Waals surface area contributed by atoms with Gasteiger partial charge in [0.05, 0.1) is 28.5 Å². The fourth-order valence-corrected chi connectivity index (χ4v) is 10.2. The van der Waals surface area contributed by atoms with Crippen LogP contribution in [0.3, 0.4) is 0 Å². The predicted molar refractivity (Wildman–Crippen MR) is 238 cm³/mol. The zero-order chi connectivity index (χ0) is 38.5. The predicted octanol–water partition coefficient (Wildman–Crippen LogP) is 14.4. The molecule has 0 radical (unpaired) electrons. The summed E-state index contributed by atoms with van der Waals surface area (Å²) in [5, 5.41) is 2.48. The molecule has 0 fully saturated rings. The van der Waals surface area contributed by atoms with Crippen LogP contribution in [0.1, 0.15) is 86.8 Å². The quantitative estimate of drug-likeness (QED) is 0.168. The zero-order valence-corrected chi connectivity index (χ0v) is 33.1. The highest BCUT2D eigenvalue weighted by molar-refractivity contribution is 6.04. The summed E-state index contributed by atoms with van der Waals surface area (Å²) in [5.74, 6) is 2.08. The van der Waals surface area contributed by atoms with Crippen LogP contribution in [-0.4, -0.2) is 0 Å². The van der Waals surface area contributed by atoms with E-state index in [1.807, 2.05) is 0 Å². The lowest BCUT2D eigenvalue weighted by Crippen LogP contribution is -2.30. The van der Waals surface area contributed by atoms with Gasteiger partial charge in [-0.2, -0.15) is 0 Å². The molecule has 3 nitrogen and oxygen atoms in total. The van der Waals surface area contributed by atoms with Gasteiger partial charge in [0, 0.05) is 28.3 Å². The van der Waals surface area contributed by atoms with Crippen molar-refractivity contribution >= 4 is 45.7 Å². The number of nitrogens with zero attached hydrogens (tertiary/aromatic N) is 2. The van der Waals surface area contributed by atoms with Gasteiger partial charge < -0.3 is 14.5 Å². The van der Waals surface area contributed by atoms with E-state index in [9.17, 15) is 0 Å². The molecule has 0 bridgehead atoms. The maximum Gasteiger partial charge on any atom is 0.146 e. The van der Waals surface area contributed by atoms with E-state index in [2.05, 4.69) is 195 Å². The van der Waals surface area contributed by atoms with Gasteiger partial charge in [0.25, 0.3) is 0 Å². The molecule has 3 aliphatic carbocycles. The van der Waals surface area contributed by atoms with Crippen LogP contribution in [0.5, 0.6) is 0 Å². The number of anilines is 4. The van der Waals surface area contributed by atoms with Crippen LogP contribution in [0.15, 0.2) is 169 Å². The third-order valence-electron chi connectivity index (χ3n) is 13.2. The number of fused-ring (bicyclic) bond motifs is 6. The first-order valence-corrected chi connectivity index (χ1v) is 20.5. The summed E-state index contributed by atoms with van der Waals surface area (Å²) in [6.45, 7) is 9.46. The molecule has 0 spiro atoms. The maximum atomic E-state index is 6.46. The minimum Gasteiger partial charge on any atom is -0.458 e. The summed E-state index contributed by atoms with van der Waals surface area (Å²) in [7, 11) is 0. The summed E-state index contributed by atoms with van der Waals surface area (Å²) in [4.78, 5) is 4.94. The Labute approximate surface area is 336 Å². The number of hydrogen-bond donors (Lipinski definition) is 0. The molecular weight excluding hydrogens is 693 g/mol. The van der Waals surface area contributed by atoms with Crippen molar-refractivity contribution in [2.75, 3.05) is 9.80 Å². The third-order valence-corrected chi connectivity index (χ3v) is 13.2. The SMILES string of the molecule is CC1(C)c2cc(/C=C/c3cccc4c(N5c6ccccc6C(C)(C)c6ccccc65)cccc34)ccc2-c2ccc(N3C4=C(CCC=C4)OC4=C3CCC=C4)cc21. The van der Waals surface area contributed by atoms with Crippen LogP contribution < -0.4 is 9.80 Å². The Morgan fingerprint density at radius 1 is 0.544 bits per heavy atom. The van der Waals surface area contributed by atoms with Crippen LogP contribution in [0.4, 0.5) is 22.7 Å². The summed E-state index contributed by atoms with van der Waals surface area (Å²) in [5.41, 5.74) is 17.6. The largest absolute Gasteiger partial charge is 0.458 e. The summed E-state index contributed by atoms with van der Waals surface area (Å²) in [6, 6.07) is 45.4. The molecule has 0 unspecified atom stereocenters. The number of allylic oxidation sites excluding steroid dienone is 6. The van der Waals surface area contributed by atoms with Gasteiger partial charge in [0.1, 0.15) is 11.5 Å². The Balaban J connectivity index is 0.945. The molecule has 6 aromatic carbocycles. The standard InChI is InChI=1S/C54H46N2O/c1-53(2)42-18-5-7-20-47(42)56(48-21-8-6-19-43(48)53)46-24-14-16-38-36(15-13-17-41(38)46)29-27-35-28-31-39-40-32-30-37(34-45(40)54(3,4)44(39)33-35)55-49-22-9-11-25-51(49)57-52-26-12-10-23-50(52)55/h5-9,12-22,24,26-34H,10-11,23,25H2,1-4H3/b29-27+. The number of para-hydroxylation sites is 2. The number of rotatable bonds is 4. The lowest BCUT2D eigenvalue weighted by Gasteiger charge is -2.42. The number of benzene rings is 6. The van der Waals surface area contributed by atoms with Crippen molar-refractivity contribution in [2.45, 2.75) is 64.2 Å². The topological polar surface area (TPSA) is 15.7 Å². The van der Waals surface area contributed by atoms with E-state index in [4.69, 9.17) is 4.74 Å². The van der Waals surface area contributed by atoms with Gasteiger partial charge in [-0.05, 0) is 112 Å². The molecule has 0 saturated heterocycles. The van der Waals surface area contributed by atoms with Gasteiger partial charge >= 0.3 is 0 Å². The van der Waals surface area contributed by atoms with E-state index in [0.29, 0.717) is 0 Å². The van der Waals surface area contributed by atoms with Crippen molar-refractivity contribution in [3.63, 3.8) is 0 Å². The average Bonchev–Trinajstić information content (AvgIpc) is 3.46. The number of hydrogen-bond acceptors (Lipinski definition) is 3. The number of ether oxygens (including phenoxy) is 1. The van der Waals surface area contributed by atoms with Crippen molar-refractivity contribution in [1.29, 1.82) is 0 Å². The van der Waals surface area contributed by atoms with Gasteiger partial charge in [-0.25, -0.2) is 0 Å². The molecule has 57 heavy (non-hydrogen) atoms. The highest BCUT2D eigenvalue weighted by atomic mass is 16.5. The van der Waals surface area contributed by atoms with Crippen molar-refractivity contribution < 1.29 is 4.74 Å². The first-order chi connectivity index (χ1) is 27.8. The van der Waals surface area contributed by atoms with E-state index in [1.54, 1.807) is 0 Å². The minimum atomic E-state index is -0.149. The molecule has 6 aromatic rings.